The van der Waals surface area contributed by atoms with Crippen molar-refractivity contribution in [3.63, 3.8) is 0 Å². The van der Waals surface area contributed by atoms with Crippen LogP contribution >= 0.6 is 0 Å². The van der Waals surface area contributed by atoms with Crippen LogP contribution in [0.4, 0.5) is 0 Å². The number of nitrogens with one attached hydrogen (secondary N) is 1. The Hall–Kier alpha value is -0.900. The second-order valence-electron chi connectivity index (χ2n) is 4.29. The molecule has 0 fully saturated rings. The van der Waals surface area contributed by atoms with Gasteiger partial charge >= 0.3 is 0 Å². The fourth-order valence-corrected chi connectivity index (χ4v) is 2.13. The molecule has 1 aliphatic heterocycles. The normalized spacial score (nSPS) is 22.5. The Labute approximate surface area is 91.1 Å². The molecule has 1 aromatic rings. The maximum absolute atomic E-state index is 4.34. The average molecular weight is 208 g/mol. The molecule has 4 nitrogen and oxygen atoms in total. The molecule has 0 amide bonds. The van der Waals surface area contributed by atoms with Crippen molar-refractivity contribution < 1.29 is 0 Å². The van der Waals surface area contributed by atoms with Gasteiger partial charge in [-0.2, -0.15) is 0 Å². The van der Waals surface area contributed by atoms with Crippen molar-refractivity contribution in [1.82, 2.24) is 20.1 Å². The van der Waals surface area contributed by atoms with Crippen molar-refractivity contribution in [3.05, 3.63) is 11.6 Å². The molecule has 2 heterocycles. The van der Waals surface area contributed by atoms with Crippen LogP contribution in [0, 0.1) is 0 Å². The summed E-state index contributed by atoms with van der Waals surface area (Å²) in [7, 11) is 0. The molecule has 4 heteroatoms. The van der Waals surface area contributed by atoms with Crippen molar-refractivity contribution in [1.29, 1.82) is 0 Å². The highest BCUT2D eigenvalue weighted by molar-refractivity contribution is 5.07. The molecule has 2 unspecified atom stereocenters. The summed E-state index contributed by atoms with van der Waals surface area (Å²) in [5, 5.41) is 12.1. The predicted octanol–water partition coefficient (Wildman–Crippen LogP) is 1.85. The topological polar surface area (TPSA) is 42.7 Å². The van der Waals surface area contributed by atoms with E-state index in [0.29, 0.717) is 12.0 Å². The Kier molecular flexibility index (Phi) is 3.05. The van der Waals surface area contributed by atoms with Crippen molar-refractivity contribution in [2.45, 2.75) is 52.1 Å². The second kappa shape index (κ2) is 4.31. The number of nitrogens with zero attached hydrogens (tertiary/aromatic N) is 3. The smallest absolute Gasteiger partial charge is 0.150 e. The van der Waals surface area contributed by atoms with Crippen molar-refractivity contribution >= 4 is 0 Å². The van der Waals surface area contributed by atoms with Crippen LogP contribution in [-0.2, 0) is 6.54 Å². The summed E-state index contributed by atoms with van der Waals surface area (Å²) < 4.78 is 2.30. The molecule has 0 aromatic carbocycles. The van der Waals surface area contributed by atoms with Crippen LogP contribution in [0.2, 0.25) is 0 Å². The van der Waals surface area contributed by atoms with E-state index in [1.54, 1.807) is 0 Å². The van der Waals surface area contributed by atoms with Crippen LogP contribution in [0.15, 0.2) is 0 Å². The zero-order valence-electron chi connectivity index (χ0n) is 9.82. The maximum Gasteiger partial charge on any atom is 0.150 e. The van der Waals surface area contributed by atoms with Crippen LogP contribution < -0.4 is 5.32 Å². The predicted molar refractivity (Wildman–Crippen MR) is 59.8 cm³/mol. The van der Waals surface area contributed by atoms with Gasteiger partial charge in [-0.05, 0) is 12.8 Å². The summed E-state index contributed by atoms with van der Waals surface area (Å²) in [6.45, 7) is 8.65. The summed E-state index contributed by atoms with van der Waals surface area (Å²) in [5.74, 6) is 2.80. The van der Waals surface area contributed by atoms with Crippen molar-refractivity contribution in [2.75, 3.05) is 6.54 Å². The van der Waals surface area contributed by atoms with Crippen molar-refractivity contribution in [2.24, 2.45) is 0 Å². The Morgan fingerprint density at radius 2 is 2.27 bits per heavy atom. The Bertz CT molecular complexity index is 318. The minimum Gasteiger partial charge on any atom is -0.312 e. The summed E-state index contributed by atoms with van der Waals surface area (Å²) >= 11 is 0. The molecule has 0 radical (unpaired) electrons. The number of rotatable bonds is 3. The van der Waals surface area contributed by atoms with Gasteiger partial charge in [-0.25, -0.2) is 0 Å². The first kappa shape index (κ1) is 10.6. The van der Waals surface area contributed by atoms with E-state index in [2.05, 4.69) is 40.9 Å². The molecule has 0 spiro atoms. The monoisotopic (exact) mass is 208 g/mol. The molecular weight excluding hydrogens is 188 g/mol. The number of fused-ring (bicyclic) bond motifs is 1. The van der Waals surface area contributed by atoms with Gasteiger partial charge in [0.25, 0.3) is 0 Å². The zero-order chi connectivity index (χ0) is 10.8. The van der Waals surface area contributed by atoms with Crippen LogP contribution in [-0.4, -0.2) is 21.3 Å². The van der Waals surface area contributed by atoms with E-state index in [0.717, 1.165) is 37.6 Å². The van der Waals surface area contributed by atoms with Gasteiger partial charge in [-0.3, -0.25) is 0 Å². The molecule has 1 aromatic heterocycles. The van der Waals surface area contributed by atoms with Gasteiger partial charge in [-0.15, -0.1) is 10.2 Å². The first-order valence-corrected chi connectivity index (χ1v) is 5.94. The SMILES string of the molecule is CCC(C)c1nnc2n1CCNC2CC. The third kappa shape index (κ3) is 1.78. The van der Waals surface area contributed by atoms with Gasteiger partial charge in [0.15, 0.2) is 0 Å². The quantitative estimate of drug-likeness (QED) is 0.824. The lowest BCUT2D eigenvalue weighted by Gasteiger charge is -2.24. The number of aromatic nitrogens is 3. The molecule has 0 aliphatic carbocycles. The molecule has 2 atom stereocenters. The molecular formula is C11H20N4. The van der Waals surface area contributed by atoms with Gasteiger partial charge < -0.3 is 9.88 Å². The van der Waals surface area contributed by atoms with Crippen LogP contribution in [0.5, 0.6) is 0 Å². The Morgan fingerprint density at radius 1 is 1.47 bits per heavy atom. The fourth-order valence-electron chi connectivity index (χ4n) is 2.13. The third-order valence-electron chi connectivity index (χ3n) is 3.31. The summed E-state index contributed by atoms with van der Waals surface area (Å²) in [5.41, 5.74) is 0. The van der Waals surface area contributed by atoms with E-state index < -0.39 is 0 Å². The molecule has 0 bridgehead atoms. The second-order valence-corrected chi connectivity index (χ2v) is 4.29. The molecule has 84 valence electrons. The zero-order valence-corrected chi connectivity index (χ0v) is 9.82. The Balaban J connectivity index is 2.33. The number of hydrogen-bond donors (Lipinski definition) is 1. The Morgan fingerprint density at radius 3 is 2.93 bits per heavy atom. The van der Waals surface area contributed by atoms with Crippen molar-refractivity contribution in [3.8, 4) is 0 Å². The van der Waals surface area contributed by atoms with Gasteiger partial charge in [-0.1, -0.05) is 20.8 Å². The van der Waals surface area contributed by atoms with Crippen LogP contribution in [0.1, 0.15) is 57.2 Å². The van der Waals surface area contributed by atoms with E-state index >= 15 is 0 Å². The first-order chi connectivity index (χ1) is 7.27. The molecule has 0 saturated carbocycles. The number of hydrogen-bond acceptors (Lipinski definition) is 3. The van der Waals surface area contributed by atoms with E-state index in [-0.39, 0.29) is 0 Å². The van der Waals surface area contributed by atoms with Gasteiger partial charge in [0.2, 0.25) is 0 Å². The summed E-state index contributed by atoms with van der Waals surface area (Å²) in [4.78, 5) is 0. The molecule has 2 rings (SSSR count). The maximum atomic E-state index is 4.34. The highest BCUT2D eigenvalue weighted by atomic mass is 15.3. The fraction of sp³-hybridized carbons (Fsp3) is 0.818. The molecule has 1 aliphatic rings. The lowest BCUT2D eigenvalue weighted by molar-refractivity contribution is 0.395. The van der Waals surface area contributed by atoms with Crippen LogP contribution in [0.25, 0.3) is 0 Å². The van der Waals surface area contributed by atoms with E-state index in [4.69, 9.17) is 0 Å². The van der Waals surface area contributed by atoms with E-state index in [1.807, 2.05) is 0 Å². The lowest BCUT2D eigenvalue weighted by Crippen LogP contribution is -2.34. The summed E-state index contributed by atoms with van der Waals surface area (Å²) in [6, 6.07) is 0.393. The standard InChI is InChI=1S/C11H20N4/c1-4-8(3)10-13-14-11-9(5-2)12-6-7-15(10)11/h8-9,12H,4-7H2,1-3H3. The van der Waals surface area contributed by atoms with Gasteiger partial charge in [0.05, 0.1) is 6.04 Å². The molecule has 1 N–H and O–H groups in total. The highest BCUT2D eigenvalue weighted by Gasteiger charge is 2.24. The van der Waals surface area contributed by atoms with Gasteiger partial charge in [0, 0.05) is 19.0 Å². The van der Waals surface area contributed by atoms with E-state index in [1.165, 1.54) is 0 Å². The first-order valence-electron chi connectivity index (χ1n) is 5.94. The van der Waals surface area contributed by atoms with Gasteiger partial charge in [0.1, 0.15) is 11.6 Å². The highest BCUT2D eigenvalue weighted by Crippen LogP contribution is 2.24. The molecule has 0 saturated heterocycles. The average Bonchev–Trinajstić information content (AvgIpc) is 2.71. The molecule has 15 heavy (non-hydrogen) atoms. The lowest BCUT2D eigenvalue weighted by atomic mass is 10.1. The third-order valence-corrected chi connectivity index (χ3v) is 3.31. The minimum absolute atomic E-state index is 0.393. The minimum atomic E-state index is 0.393. The van der Waals surface area contributed by atoms with E-state index in [9.17, 15) is 0 Å². The van der Waals surface area contributed by atoms with Crippen LogP contribution in [0.3, 0.4) is 0 Å². The summed E-state index contributed by atoms with van der Waals surface area (Å²) in [6.07, 6.45) is 2.21. The largest absolute Gasteiger partial charge is 0.312 e.